The van der Waals surface area contributed by atoms with Gasteiger partial charge in [0.1, 0.15) is 6.10 Å². The molecule has 0 fully saturated rings. The topological polar surface area (TPSA) is 58.9 Å². The molecule has 2 unspecified atom stereocenters. The molecule has 2 N–H and O–H groups in total. The number of aliphatic hydroxyl groups excluding tert-OH is 2. The van der Waals surface area contributed by atoms with Gasteiger partial charge in [0.15, 0.2) is 0 Å². The van der Waals surface area contributed by atoms with E-state index in [9.17, 15) is 10.2 Å². The van der Waals surface area contributed by atoms with Crippen molar-refractivity contribution in [2.45, 2.75) is 25.6 Å². The number of methoxy groups -OCH3 is 1. The van der Waals surface area contributed by atoms with E-state index >= 15 is 0 Å². The van der Waals surface area contributed by atoms with Gasteiger partial charge in [0.2, 0.25) is 0 Å². The first-order valence-electron chi connectivity index (χ1n) is 4.63. The van der Waals surface area contributed by atoms with Crippen molar-refractivity contribution < 1.29 is 19.7 Å². The van der Waals surface area contributed by atoms with E-state index in [1.54, 1.807) is 0 Å². The summed E-state index contributed by atoms with van der Waals surface area (Å²) in [6.07, 6.45) is -0.639. The zero-order valence-electron chi connectivity index (χ0n) is 8.90. The smallest absolute Gasteiger partial charge is 0.101 e. The lowest BCUT2D eigenvalue weighted by molar-refractivity contribution is -0.0310. The second-order valence-corrected chi connectivity index (χ2v) is 3.46. The lowest BCUT2D eigenvalue weighted by Crippen LogP contribution is -2.24. The lowest BCUT2D eigenvalue weighted by atomic mass is 10.1. The fraction of sp³-hybridized carbons (Fsp3) is 0.800. The van der Waals surface area contributed by atoms with E-state index < -0.39 is 12.2 Å². The third-order valence-corrected chi connectivity index (χ3v) is 1.56. The highest BCUT2D eigenvalue weighted by molar-refractivity contribution is 4.90. The normalized spacial score (nSPS) is 15.1. The van der Waals surface area contributed by atoms with Crippen LogP contribution in [0.15, 0.2) is 12.2 Å². The maximum atomic E-state index is 9.36. The molecule has 4 nitrogen and oxygen atoms in total. The van der Waals surface area contributed by atoms with Crippen LogP contribution in [0.3, 0.4) is 0 Å². The van der Waals surface area contributed by atoms with Gasteiger partial charge in [0.25, 0.3) is 0 Å². The van der Waals surface area contributed by atoms with Crippen LogP contribution < -0.4 is 0 Å². The molecule has 0 amide bonds. The zero-order chi connectivity index (χ0) is 11.0. The number of hydrogen-bond acceptors (Lipinski definition) is 4. The summed E-state index contributed by atoms with van der Waals surface area (Å²) in [4.78, 5) is 0. The minimum absolute atomic E-state index is 0.182. The van der Waals surface area contributed by atoms with E-state index in [4.69, 9.17) is 9.47 Å². The first-order chi connectivity index (χ1) is 6.56. The predicted octanol–water partition coefficient (Wildman–Crippen LogP) is 0.337. The van der Waals surface area contributed by atoms with E-state index in [1.807, 2.05) is 6.92 Å². The molecule has 0 saturated heterocycles. The van der Waals surface area contributed by atoms with Crippen LogP contribution in [0.4, 0.5) is 0 Å². The molecule has 4 heteroatoms. The van der Waals surface area contributed by atoms with Crippen LogP contribution in [-0.2, 0) is 9.47 Å². The standard InChI is InChI=1S/C10H20O4/c1-8(2)4-9(11)6-14-7-10(12)5-13-3/h9-12H,1,4-7H2,2-3H3. The molecule has 14 heavy (non-hydrogen) atoms. The highest BCUT2D eigenvalue weighted by Gasteiger charge is 2.07. The minimum atomic E-state index is -0.628. The predicted molar refractivity (Wildman–Crippen MR) is 54.1 cm³/mol. The highest BCUT2D eigenvalue weighted by Crippen LogP contribution is 2.02. The molecule has 0 aliphatic carbocycles. The third-order valence-electron chi connectivity index (χ3n) is 1.56. The average Bonchev–Trinajstić information content (AvgIpc) is 2.02. The first kappa shape index (κ1) is 13.6. The van der Waals surface area contributed by atoms with Gasteiger partial charge in [-0.05, 0) is 13.3 Å². The summed E-state index contributed by atoms with van der Waals surface area (Å²) in [5.41, 5.74) is 0.915. The minimum Gasteiger partial charge on any atom is -0.390 e. The molecule has 0 aliphatic heterocycles. The van der Waals surface area contributed by atoms with Crippen molar-refractivity contribution in [2.75, 3.05) is 26.9 Å². The molecule has 0 aromatic heterocycles. The van der Waals surface area contributed by atoms with Crippen LogP contribution in [0.5, 0.6) is 0 Å². The van der Waals surface area contributed by atoms with Crippen molar-refractivity contribution in [2.24, 2.45) is 0 Å². The van der Waals surface area contributed by atoms with Gasteiger partial charge in [-0.2, -0.15) is 0 Å². The van der Waals surface area contributed by atoms with E-state index in [0.29, 0.717) is 6.42 Å². The van der Waals surface area contributed by atoms with Crippen molar-refractivity contribution in [1.29, 1.82) is 0 Å². The van der Waals surface area contributed by atoms with Crippen molar-refractivity contribution in [1.82, 2.24) is 0 Å². The molecule has 0 saturated carbocycles. The maximum Gasteiger partial charge on any atom is 0.101 e. The van der Waals surface area contributed by atoms with Gasteiger partial charge in [0, 0.05) is 7.11 Å². The lowest BCUT2D eigenvalue weighted by Gasteiger charge is -2.13. The summed E-state index contributed by atoms with van der Waals surface area (Å²) in [5.74, 6) is 0. The second kappa shape index (κ2) is 7.94. The number of aliphatic hydroxyl groups is 2. The second-order valence-electron chi connectivity index (χ2n) is 3.46. The quantitative estimate of drug-likeness (QED) is 0.560. The Labute approximate surface area is 85.1 Å². The van der Waals surface area contributed by atoms with Gasteiger partial charge in [-0.1, -0.05) is 5.57 Å². The van der Waals surface area contributed by atoms with Crippen LogP contribution in [0.25, 0.3) is 0 Å². The van der Waals surface area contributed by atoms with Gasteiger partial charge in [-0.3, -0.25) is 0 Å². The van der Waals surface area contributed by atoms with Crippen molar-refractivity contribution in [3.8, 4) is 0 Å². The molecule has 0 aromatic rings. The Morgan fingerprint density at radius 3 is 2.29 bits per heavy atom. The molecule has 0 heterocycles. The fourth-order valence-corrected chi connectivity index (χ4v) is 1.04. The number of ether oxygens (including phenoxy) is 2. The van der Waals surface area contributed by atoms with Gasteiger partial charge >= 0.3 is 0 Å². The molecule has 0 radical (unpaired) electrons. The van der Waals surface area contributed by atoms with Crippen molar-refractivity contribution in [3.05, 3.63) is 12.2 Å². The molecule has 0 spiro atoms. The average molecular weight is 204 g/mol. The molecule has 0 aliphatic rings. The summed E-state index contributed by atoms with van der Waals surface area (Å²) < 4.78 is 9.81. The summed E-state index contributed by atoms with van der Waals surface area (Å²) in [6, 6.07) is 0. The Hall–Kier alpha value is -0.420. The van der Waals surface area contributed by atoms with E-state index in [-0.39, 0.29) is 19.8 Å². The van der Waals surface area contributed by atoms with Gasteiger partial charge < -0.3 is 19.7 Å². The SMILES string of the molecule is C=C(C)CC(O)COCC(O)COC. The summed E-state index contributed by atoms with van der Waals surface area (Å²) in [7, 11) is 1.51. The zero-order valence-corrected chi connectivity index (χ0v) is 8.90. The monoisotopic (exact) mass is 204 g/mol. The van der Waals surface area contributed by atoms with Crippen molar-refractivity contribution >= 4 is 0 Å². The molecule has 0 rings (SSSR count). The highest BCUT2D eigenvalue weighted by atomic mass is 16.5. The summed E-state index contributed by atoms with van der Waals surface area (Å²) in [5, 5.41) is 18.6. The Kier molecular flexibility index (Phi) is 7.70. The fourth-order valence-electron chi connectivity index (χ4n) is 1.04. The Bertz CT molecular complexity index is 158. The van der Waals surface area contributed by atoms with E-state index in [1.165, 1.54) is 7.11 Å². The first-order valence-corrected chi connectivity index (χ1v) is 4.63. The van der Waals surface area contributed by atoms with E-state index in [2.05, 4.69) is 6.58 Å². The third kappa shape index (κ3) is 8.19. The molecular weight excluding hydrogens is 184 g/mol. The van der Waals surface area contributed by atoms with Crippen LogP contribution in [0.2, 0.25) is 0 Å². The molecule has 2 atom stereocenters. The van der Waals surface area contributed by atoms with E-state index in [0.717, 1.165) is 5.57 Å². The maximum absolute atomic E-state index is 9.36. The van der Waals surface area contributed by atoms with Gasteiger partial charge in [0.05, 0.1) is 25.9 Å². The molecule has 84 valence electrons. The molecule has 0 aromatic carbocycles. The molecular formula is C10H20O4. The van der Waals surface area contributed by atoms with Crippen LogP contribution in [-0.4, -0.2) is 49.4 Å². The summed E-state index contributed by atoms with van der Waals surface area (Å²) >= 11 is 0. The van der Waals surface area contributed by atoms with Crippen LogP contribution >= 0.6 is 0 Å². The largest absolute Gasteiger partial charge is 0.390 e. The number of hydrogen-bond donors (Lipinski definition) is 2. The Balaban J connectivity index is 3.38. The van der Waals surface area contributed by atoms with Gasteiger partial charge in [-0.15, -0.1) is 6.58 Å². The Morgan fingerprint density at radius 2 is 1.79 bits per heavy atom. The van der Waals surface area contributed by atoms with Crippen molar-refractivity contribution in [3.63, 3.8) is 0 Å². The molecule has 0 bridgehead atoms. The summed E-state index contributed by atoms with van der Waals surface area (Å²) in [6.45, 7) is 6.18. The van der Waals surface area contributed by atoms with Crippen LogP contribution in [0, 0.1) is 0 Å². The van der Waals surface area contributed by atoms with Crippen LogP contribution in [0.1, 0.15) is 13.3 Å². The number of rotatable bonds is 8. The van der Waals surface area contributed by atoms with Gasteiger partial charge in [-0.25, -0.2) is 0 Å². The Morgan fingerprint density at radius 1 is 1.21 bits per heavy atom.